The van der Waals surface area contributed by atoms with Crippen molar-refractivity contribution in [1.82, 2.24) is 0 Å². The van der Waals surface area contributed by atoms with Gasteiger partial charge in [0.15, 0.2) is 0 Å². The molecule has 0 heterocycles. The van der Waals surface area contributed by atoms with Gasteiger partial charge in [-0.25, -0.2) is 0 Å². The predicted molar refractivity (Wildman–Crippen MR) is 120 cm³/mol. The summed E-state index contributed by atoms with van der Waals surface area (Å²) in [5.74, 6) is 6.00. The molecule has 3 saturated carbocycles. The molecule has 3 rings (SSSR count). The largest absolute Gasteiger partial charge is 0.0654 e. The smallest absolute Gasteiger partial charge is 0.0264 e. The Balaban J connectivity index is 1.67. The predicted octanol–water partition coefficient (Wildman–Crippen LogP) is 8.89. The minimum atomic E-state index is 0.608. The van der Waals surface area contributed by atoms with Crippen LogP contribution in [-0.4, -0.2) is 0 Å². The summed E-state index contributed by atoms with van der Waals surface area (Å²) in [7, 11) is 0. The summed E-state index contributed by atoms with van der Waals surface area (Å²) >= 11 is 0. The summed E-state index contributed by atoms with van der Waals surface area (Å²) in [4.78, 5) is 0. The Morgan fingerprint density at radius 1 is 0.889 bits per heavy atom. The molecular weight excluding hydrogens is 324 g/mol. The van der Waals surface area contributed by atoms with Gasteiger partial charge >= 0.3 is 0 Å². The minimum absolute atomic E-state index is 0.608. The third kappa shape index (κ3) is 4.45. The fourth-order valence-corrected chi connectivity index (χ4v) is 8.25. The number of unbranched alkanes of at least 4 members (excludes halogenated alkanes) is 2. The molecule has 3 fully saturated rings. The van der Waals surface area contributed by atoms with Gasteiger partial charge in [-0.05, 0) is 84.9 Å². The molecule has 3 aliphatic rings. The lowest BCUT2D eigenvalue weighted by Crippen LogP contribution is -2.54. The molecule has 0 bridgehead atoms. The fraction of sp³-hybridized carbons (Fsp3) is 1.00. The van der Waals surface area contributed by atoms with E-state index in [4.69, 9.17) is 0 Å². The maximum atomic E-state index is 2.75. The van der Waals surface area contributed by atoms with E-state index < -0.39 is 0 Å². The van der Waals surface area contributed by atoms with E-state index in [2.05, 4.69) is 41.5 Å². The summed E-state index contributed by atoms with van der Waals surface area (Å²) in [5, 5.41) is 0. The molecule has 0 radical (unpaired) electrons. The highest BCUT2D eigenvalue weighted by Crippen LogP contribution is 2.64. The van der Waals surface area contributed by atoms with Gasteiger partial charge in [-0.15, -0.1) is 0 Å². The van der Waals surface area contributed by atoms with Crippen molar-refractivity contribution in [1.29, 1.82) is 0 Å². The lowest BCUT2D eigenvalue weighted by atomic mass is 9.43. The Bertz CT molecular complexity index is 463. The maximum Gasteiger partial charge on any atom is -0.0264 e. The molecule has 0 nitrogen and oxygen atoms in total. The average molecular weight is 375 g/mol. The first-order valence-corrected chi connectivity index (χ1v) is 12.8. The zero-order chi connectivity index (χ0) is 19.7. The van der Waals surface area contributed by atoms with Crippen LogP contribution >= 0.6 is 0 Å². The monoisotopic (exact) mass is 374 g/mol. The van der Waals surface area contributed by atoms with Gasteiger partial charge in [0.05, 0.1) is 0 Å². The Kier molecular flexibility index (Phi) is 7.06. The Morgan fingerprint density at radius 2 is 1.67 bits per heavy atom. The molecular formula is C27H50. The summed E-state index contributed by atoms with van der Waals surface area (Å²) in [5.41, 5.74) is 1.26. The van der Waals surface area contributed by atoms with Crippen molar-refractivity contribution in [3.8, 4) is 0 Å². The topological polar surface area (TPSA) is 0 Å². The first-order valence-electron chi connectivity index (χ1n) is 12.8. The van der Waals surface area contributed by atoms with Gasteiger partial charge < -0.3 is 0 Å². The molecule has 0 N–H and O–H groups in total. The molecule has 7 atom stereocenters. The normalized spacial score (nSPS) is 42.2. The summed E-state index contributed by atoms with van der Waals surface area (Å²) in [6.45, 7) is 15.4. The van der Waals surface area contributed by atoms with Crippen LogP contribution < -0.4 is 0 Å². The lowest BCUT2D eigenvalue weighted by Gasteiger charge is -2.62. The number of hydrogen-bond donors (Lipinski definition) is 0. The third-order valence-corrected chi connectivity index (χ3v) is 9.97. The van der Waals surface area contributed by atoms with Gasteiger partial charge in [0.1, 0.15) is 0 Å². The van der Waals surface area contributed by atoms with Crippen LogP contribution in [0, 0.1) is 46.3 Å². The van der Waals surface area contributed by atoms with Gasteiger partial charge in [-0.2, -0.15) is 0 Å². The van der Waals surface area contributed by atoms with E-state index in [1.165, 1.54) is 77.0 Å². The molecule has 0 aromatic rings. The molecule has 0 aliphatic heterocycles. The zero-order valence-corrected chi connectivity index (χ0v) is 19.7. The molecule has 27 heavy (non-hydrogen) atoms. The summed E-state index contributed by atoms with van der Waals surface area (Å²) in [6.07, 6.45) is 19.4. The third-order valence-electron chi connectivity index (χ3n) is 9.97. The fourth-order valence-electron chi connectivity index (χ4n) is 8.25. The van der Waals surface area contributed by atoms with E-state index >= 15 is 0 Å². The van der Waals surface area contributed by atoms with Crippen LogP contribution in [0.25, 0.3) is 0 Å². The van der Waals surface area contributed by atoms with E-state index in [0.717, 1.165) is 35.5 Å². The Hall–Kier alpha value is 0. The van der Waals surface area contributed by atoms with Crippen LogP contribution in [0.3, 0.4) is 0 Å². The molecule has 0 aromatic carbocycles. The number of fused-ring (bicyclic) bond motifs is 3. The van der Waals surface area contributed by atoms with Crippen LogP contribution in [0.1, 0.15) is 125 Å². The highest BCUT2D eigenvalue weighted by molar-refractivity contribution is 5.05. The summed E-state index contributed by atoms with van der Waals surface area (Å²) < 4.78 is 0. The van der Waals surface area contributed by atoms with Gasteiger partial charge in [0, 0.05) is 0 Å². The van der Waals surface area contributed by atoms with E-state index in [9.17, 15) is 0 Å². The van der Waals surface area contributed by atoms with E-state index in [1.807, 2.05) is 0 Å². The number of rotatable bonds is 7. The standard InChI is InChI=1S/C27H50/c1-7-8-9-11-20(2)13-15-23-21(3)14-16-25-22-12-10-18-26(4,5)24(22)17-19-27(23,25)6/h20-25H,7-19H2,1-6H3/t20?,21-,22-,23+,24+,25+,27-/m0/s1. The maximum absolute atomic E-state index is 2.75. The highest BCUT2D eigenvalue weighted by Gasteiger charge is 2.56. The first kappa shape index (κ1) is 21.7. The van der Waals surface area contributed by atoms with Crippen molar-refractivity contribution in [3.63, 3.8) is 0 Å². The first-order chi connectivity index (χ1) is 12.8. The van der Waals surface area contributed by atoms with Crippen molar-refractivity contribution < 1.29 is 0 Å². The minimum Gasteiger partial charge on any atom is -0.0654 e. The van der Waals surface area contributed by atoms with E-state index in [1.54, 1.807) is 6.42 Å². The van der Waals surface area contributed by atoms with Gasteiger partial charge in [-0.1, -0.05) is 86.5 Å². The second kappa shape index (κ2) is 8.79. The van der Waals surface area contributed by atoms with Crippen molar-refractivity contribution >= 4 is 0 Å². The second-order valence-corrected chi connectivity index (χ2v) is 12.1. The molecule has 0 aromatic heterocycles. The van der Waals surface area contributed by atoms with Crippen LogP contribution in [0.15, 0.2) is 0 Å². The molecule has 3 aliphatic carbocycles. The van der Waals surface area contributed by atoms with Crippen molar-refractivity contribution in [2.45, 2.75) is 125 Å². The molecule has 158 valence electrons. The molecule has 0 spiro atoms. The zero-order valence-electron chi connectivity index (χ0n) is 19.7. The van der Waals surface area contributed by atoms with Gasteiger partial charge in [0.25, 0.3) is 0 Å². The van der Waals surface area contributed by atoms with Crippen LogP contribution in [0.2, 0.25) is 0 Å². The Morgan fingerprint density at radius 3 is 2.41 bits per heavy atom. The highest BCUT2D eigenvalue weighted by atomic mass is 14.6. The molecule has 0 amide bonds. The lowest BCUT2D eigenvalue weighted by molar-refractivity contribution is -0.124. The number of hydrogen-bond acceptors (Lipinski definition) is 0. The van der Waals surface area contributed by atoms with E-state index in [-0.39, 0.29) is 0 Å². The van der Waals surface area contributed by atoms with Crippen molar-refractivity contribution in [3.05, 3.63) is 0 Å². The SMILES string of the molecule is CCCCCC(C)CC[C@@H]1[C@@H](C)CC[C@@H]2[C@H]3CCCC(C)(C)[C@@H]3CC[C@]21C. The average Bonchev–Trinajstić information content (AvgIpc) is 2.60. The second-order valence-electron chi connectivity index (χ2n) is 12.1. The van der Waals surface area contributed by atoms with Crippen LogP contribution in [0.4, 0.5) is 0 Å². The molecule has 0 heteroatoms. The van der Waals surface area contributed by atoms with Gasteiger partial charge in [0.2, 0.25) is 0 Å². The quantitative estimate of drug-likeness (QED) is 0.390. The van der Waals surface area contributed by atoms with E-state index in [0.29, 0.717) is 10.8 Å². The van der Waals surface area contributed by atoms with Crippen LogP contribution in [-0.2, 0) is 0 Å². The van der Waals surface area contributed by atoms with Gasteiger partial charge in [-0.3, -0.25) is 0 Å². The summed E-state index contributed by atoms with van der Waals surface area (Å²) in [6, 6.07) is 0. The van der Waals surface area contributed by atoms with Crippen molar-refractivity contribution in [2.75, 3.05) is 0 Å². The van der Waals surface area contributed by atoms with Crippen LogP contribution in [0.5, 0.6) is 0 Å². The molecule has 1 unspecified atom stereocenters. The van der Waals surface area contributed by atoms with Crippen molar-refractivity contribution in [2.24, 2.45) is 46.3 Å². The molecule has 0 saturated heterocycles. The Labute approximate surface area is 171 Å².